The Labute approximate surface area is 126 Å². The van der Waals surface area contributed by atoms with Gasteiger partial charge in [0.05, 0.1) is 23.4 Å². The van der Waals surface area contributed by atoms with Crippen LogP contribution in [0.5, 0.6) is 0 Å². The van der Waals surface area contributed by atoms with E-state index in [4.69, 9.17) is 16.3 Å². The van der Waals surface area contributed by atoms with Crippen molar-refractivity contribution in [1.29, 1.82) is 0 Å². The number of carbonyl (C=O) groups excluding carboxylic acids is 2. The number of esters is 1. The van der Waals surface area contributed by atoms with Crippen molar-refractivity contribution in [3.8, 4) is 0 Å². The topological polar surface area (TPSA) is 88.5 Å². The van der Waals surface area contributed by atoms with E-state index in [1.807, 2.05) is 0 Å². The number of carbonyl (C=O) groups is 2. The Morgan fingerprint density at radius 2 is 2.24 bits per heavy atom. The van der Waals surface area contributed by atoms with Crippen molar-refractivity contribution >= 4 is 23.5 Å². The maximum absolute atomic E-state index is 12.0. The highest BCUT2D eigenvalue weighted by molar-refractivity contribution is 6.30. The molecule has 0 fully saturated rings. The molecule has 6 nitrogen and oxygen atoms in total. The number of nitrogens with zero attached hydrogens (tertiary/aromatic N) is 1. The van der Waals surface area contributed by atoms with Crippen molar-refractivity contribution in [3.05, 3.63) is 40.4 Å². The summed E-state index contributed by atoms with van der Waals surface area (Å²) in [6, 6.07) is 2.77. The van der Waals surface area contributed by atoms with Gasteiger partial charge in [-0.1, -0.05) is 18.5 Å². The Hall–Kier alpha value is -2.08. The minimum Gasteiger partial charge on any atom is -0.511 e. The summed E-state index contributed by atoms with van der Waals surface area (Å²) in [6.45, 7) is 3.44. The molecule has 2 N–H and O–H groups in total. The van der Waals surface area contributed by atoms with Gasteiger partial charge in [-0.2, -0.15) is 0 Å². The van der Waals surface area contributed by atoms with E-state index in [-0.39, 0.29) is 17.9 Å². The van der Waals surface area contributed by atoms with Gasteiger partial charge in [-0.3, -0.25) is 9.78 Å². The number of amides is 1. The van der Waals surface area contributed by atoms with Crippen LogP contribution < -0.4 is 5.32 Å². The fourth-order valence-corrected chi connectivity index (χ4v) is 2.25. The minimum atomic E-state index is -0.832. The van der Waals surface area contributed by atoms with Gasteiger partial charge in [0.15, 0.2) is 5.57 Å². The number of aromatic nitrogens is 1. The zero-order valence-electron chi connectivity index (χ0n) is 11.6. The van der Waals surface area contributed by atoms with Gasteiger partial charge in [0.25, 0.3) is 5.91 Å². The normalized spacial score (nSPS) is 22.0. The summed E-state index contributed by atoms with van der Waals surface area (Å²) in [5.41, 5.74) is 0.198. The molecular formula is C14H15ClN2O4. The average Bonchev–Trinajstić information content (AvgIpc) is 2.44. The van der Waals surface area contributed by atoms with Gasteiger partial charge in [-0.05, 0) is 19.1 Å². The monoisotopic (exact) mass is 310 g/mol. The highest BCUT2D eigenvalue weighted by Gasteiger charge is 2.38. The number of halogens is 1. The molecule has 0 aliphatic carbocycles. The van der Waals surface area contributed by atoms with Crippen molar-refractivity contribution in [2.45, 2.75) is 19.9 Å². The largest absolute Gasteiger partial charge is 0.511 e. The number of nitrogens with one attached hydrogen (secondary N) is 1. The van der Waals surface area contributed by atoms with E-state index in [2.05, 4.69) is 10.3 Å². The van der Waals surface area contributed by atoms with Crippen LogP contribution in [-0.2, 0) is 14.3 Å². The third kappa shape index (κ3) is 3.00. The first kappa shape index (κ1) is 15.3. The molecule has 1 aromatic rings. The van der Waals surface area contributed by atoms with Gasteiger partial charge in [-0.15, -0.1) is 0 Å². The predicted octanol–water partition coefficient (Wildman–Crippen LogP) is 1.92. The van der Waals surface area contributed by atoms with Crippen molar-refractivity contribution in [2.24, 2.45) is 5.92 Å². The van der Waals surface area contributed by atoms with E-state index < -0.39 is 23.8 Å². The Morgan fingerprint density at radius 1 is 1.52 bits per heavy atom. The summed E-state index contributed by atoms with van der Waals surface area (Å²) < 4.78 is 4.78. The molecule has 0 aromatic carbocycles. The molecule has 2 rings (SSSR count). The molecule has 0 bridgehead atoms. The molecule has 0 saturated heterocycles. The second-order valence-corrected chi connectivity index (χ2v) is 5.06. The zero-order valence-corrected chi connectivity index (χ0v) is 12.3. The lowest BCUT2D eigenvalue weighted by atomic mass is 9.89. The average molecular weight is 311 g/mol. The van der Waals surface area contributed by atoms with Gasteiger partial charge in [-0.25, -0.2) is 4.79 Å². The zero-order chi connectivity index (χ0) is 15.6. The first-order valence-electron chi connectivity index (χ1n) is 6.48. The van der Waals surface area contributed by atoms with E-state index in [0.29, 0.717) is 10.7 Å². The van der Waals surface area contributed by atoms with Crippen LogP contribution in [0.25, 0.3) is 0 Å². The number of rotatable bonds is 3. The second-order valence-electron chi connectivity index (χ2n) is 4.62. The number of aliphatic hydroxyl groups is 1. The molecule has 112 valence electrons. The highest BCUT2D eigenvalue weighted by atomic mass is 35.5. The van der Waals surface area contributed by atoms with Gasteiger partial charge in [0.2, 0.25) is 0 Å². The molecular weight excluding hydrogens is 296 g/mol. The summed E-state index contributed by atoms with van der Waals surface area (Å²) in [6.07, 6.45) is 1.46. The Kier molecular flexibility index (Phi) is 4.47. The number of ether oxygens (including phenoxy) is 1. The quantitative estimate of drug-likeness (QED) is 0.657. The fourth-order valence-electron chi connectivity index (χ4n) is 2.14. The standard InChI is InChI=1S/C14H15ClN2O4/c1-3-21-14(20)10-12(18)7(2)11(17-13(10)19)9-5-4-8(15)6-16-9/h4-7,11,18H,3H2,1-2H3,(H,17,19). The third-order valence-corrected chi connectivity index (χ3v) is 3.47. The highest BCUT2D eigenvalue weighted by Crippen LogP contribution is 2.32. The van der Waals surface area contributed by atoms with E-state index in [1.54, 1.807) is 26.0 Å². The van der Waals surface area contributed by atoms with Crippen molar-refractivity contribution < 1.29 is 19.4 Å². The van der Waals surface area contributed by atoms with Crippen LogP contribution in [0.4, 0.5) is 0 Å². The van der Waals surface area contributed by atoms with Crippen LogP contribution in [0, 0.1) is 5.92 Å². The van der Waals surface area contributed by atoms with E-state index >= 15 is 0 Å². The lowest BCUT2D eigenvalue weighted by molar-refractivity contribution is -0.141. The van der Waals surface area contributed by atoms with E-state index in [1.165, 1.54) is 6.20 Å². The molecule has 2 unspecified atom stereocenters. The molecule has 7 heteroatoms. The molecule has 1 aliphatic heterocycles. The summed E-state index contributed by atoms with van der Waals surface area (Å²) in [7, 11) is 0. The molecule has 1 aliphatic rings. The molecule has 0 radical (unpaired) electrons. The van der Waals surface area contributed by atoms with Crippen LogP contribution in [0.15, 0.2) is 29.7 Å². The Balaban J connectivity index is 2.34. The second kappa shape index (κ2) is 6.13. The lowest BCUT2D eigenvalue weighted by Crippen LogP contribution is -2.42. The molecule has 1 amide bonds. The summed E-state index contributed by atoms with van der Waals surface area (Å²) in [4.78, 5) is 27.9. The number of pyridine rings is 1. The van der Waals surface area contributed by atoms with Gasteiger partial charge in [0.1, 0.15) is 5.76 Å². The van der Waals surface area contributed by atoms with Crippen LogP contribution >= 0.6 is 11.6 Å². The fraction of sp³-hybridized carbons (Fsp3) is 0.357. The first-order valence-corrected chi connectivity index (χ1v) is 6.86. The van der Waals surface area contributed by atoms with Gasteiger partial charge < -0.3 is 15.2 Å². The van der Waals surface area contributed by atoms with Crippen LogP contribution in [0.2, 0.25) is 5.02 Å². The maximum Gasteiger partial charge on any atom is 0.347 e. The molecule has 2 heterocycles. The maximum atomic E-state index is 12.0. The van der Waals surface area contributed by atoms with Crippen LogP contribution in [0.3, 0.4) is 0 Å². The van der Waals surface area contributed by atoms with Crippen molar-refractivity contribution in [1.82, 2.24) is 10.3 Å². The summed E-state index contributed by atoms with van der Waals surface area (Å²) in [5.74, 6) is -2.30. The predicted molar refractivity (Wildman–Crippen MR) is 75.6 cm³/mol. The van der Waals surface area contributed by atoms with Crippen molar-refractivity contribution in [2.75, 3.05) is 6.61 Å². The van der Waals surface area contributed by atoms with E-state index in [9.17, 15) is 14.7 Å². The summed E-state index contributed by atoms with van der Waals surface area (Å²) in [5, 5.41) is 13.3. The Bertz CT molecular complexity index is 597. The van der Waals surface area contributed by atoms with Gasteiger partial charge in [0, 0.05) is 12.1 Å². The Morgan fingerprint density at radius 3 is 2.81 bits per heavy atom. The molecule has 2 atom stereocenters. The van der Waals surface area contributed by atoms with E-state index in [0.717, 1.165) is 0 Å². The van der Waals surface area contributed by atoms with Crippen LogP contribution in [0.1, 0.15) is 25.6 Å². The third-order valence-electron chi connectivity index (χ3n) is 3.25. The molecule has 21 heavy (non-hydrogen) atoms. The number of hydrogen-bond acceptors (Lipinski definition) is 5. The number of aliphatic hydroxyl groups excluding tert-OH is 1. The smallest absolute Gasteiger partial charge is 0.347 e. The lowest BCUT2D eigenvalue weighted by Gasteiger charge is -2.29. The number of hydrogen-bond donors (Lipinski definition) is 2. The molecule has 1 aromatic heterocycles. The SMILES string of the molecule is CCOC(=O)C1=C(O)C(C)C(c2ccc(Cl)cn2)NC1=O. The molecule has 0 spiro atoms. The van der Waals surface area contributed by atoms with Gasteiger partial charge >= 0.3 is 5.97 Å². The summed E-state index contributed by atoms with van der Waals surface area (Å²) >= 11 is 5.77. The van der Waals surface area contributed by atoms with Crippen LogP contribution in [-0.4, -0.2) is 28.6 Å². The first-order chi connectivity index (χ1) is 9.95. The minimum absolute atomic E-state index is 0.124. The molecule has 0 saturated carbocycles. The van der Waals surface area contributed by atoms with Crippen molar-refractivity contribution in [3.63, 3.8) is 0 Å².